The van der Waals surface area contributed by atoms with Gasteiger partial charge in [-0.05, 0) is 19.1 Å². The average molecular weight is 176 g/mol. The molecule has 2 rings (SSSR count). The van der Waals surface area contributed by atoms with Crippen molar-refractivity contribution in [2.75, 3.05) is 5.73 Å². The van der Waals surface area contributed by atoms with E-state index in [1.54, 1.807) is 25.1 Å². The standard InChI is InChI=1S/C10H9FN2/c1-6-10(12)9(11)7-4-2-3-5-8(7)13-6/h2-5H,12H2,1H3. The summed E-state index contributed by atoms with van der Waals surface area (Å²) in [7, 11) is 0. The quantitative estimate of drug-likeness (QED) is 0.668. The van der Waals surface area contributed by atoms with E-state index in [0.717, 1.165) is 0 Å². The monoisotopic (exact) mass is 176 g/mol. The van der Waals surface area contributed by atoms with Gasteiger partial charge in [0.25, 0.3) is 0 Å². The van der Waals surface area contributed by atoms with Crippen LogP contribution in [0.2, 0.25) is 0 Å². The van der Waals surface area contributed by atoms with Crippen LogP contribution >= 0.6 is 0 Å². The lowest BCUT2D eigenvalue weighted by Crippen LogP contribution is -1.98. The van der Waals surface area contributed by atoms with Crippen LogP contribution in [0, 0.1) is 12.7 Å². The molecule has 2 nitrogen and oxygen atoms in total. The fraction of sp³-hybridized carbons (Fsp3) is 0.100. The SMILES string of the molecule is Cc1nc2ccccc2c(F)c1N. The highest BCUT2D eigenvalue weighted by atomic mass is 19.1. The predicted octanol–water partition coefficient (Wildman–Crippen LogP) is 2.26. The maximum atomic E-state index is 13.5. The van der Waals surface area contributed by atoms with Crippen LogP contribution in [-0.2, 0) is 0 Å². The zero-order chi connectivity index (χ0) is 9.42. The van der Waals surface area contributed by atoms with Gasteiger partial charge in [-0.3, -0.25) is 4.98 Å². The first-order valence-electron chi connectivity index (χ1n) is 4.00. The molecule has 0 aliphatic rings. The molecule has 0 saturated heterocycles. The number of benzene rings is 1. The van der Waals surface area contributed by atoms with Crippen molar-refractivity contribution in [1.29, 1.82) is 0 Å². The molecular weight excluding hydrogens is 167 g/mol. The Bertz CT molecular complexity index is 466. The molecule has 0 fully saturated rings. The Morgan fingerprint density at radius 2 is 2.00 bits per heavy atom. The number of nitrogens with zero attached hydrogens (tertiary/aromatic N) is 1. The van der Waals surface area contributed by atoms with Gasteiger partial charge in [-0.25, -0.2) is 4.39 Å². The molecule has 1 aromatic carbocycles. The highest BCUT2D eigenvalue weighted by Gasteiger charge is 2.07. The molecule has 0 unspecified atom stereocenters. The number of anilines is 1. The van der Waals surface area contributed by atoms with Crippen LogP contribution in [0.25, 0.3) is 10.9 Å². The normalized spacial score (nSPS) is 10.6. The number of hydrogen-bond acceptors (Lipinski definition) is 2. The summed E-state index contributed by atoms with van der Waals surface area (Å²) in [4.78, 5) is 4.17. The van der Waals surface area contributed by atoms with Crippen LogP contribution < -0.4 is 5.73 Å². The molecule has 0 saturated carbocycles. The first-order valence-corrected chi connectivity index (χ1v) is 4.00. The second kappa shape index (κ2) is 2.69. The van der Waals surface area contributed by atoms with Crippen LogP contribution in [-0.4, -0.2) is 4.98 Å². The van der Waals surface area contributed by atoms with Gasteiger partial charge in [0, 0.05) is 5.39 Å². The summed E-state index contributed by atoms with van der Waals surface area (Å²) in [6, 6.07) is 7.03. The van der Waals surface area contributed by atoms with E-state index in [-0.39, 0.29) is 11.5 Å². The molecule has 0 atom stereocenters. The van der Waals surface area contributed by atoms with Crippen LogP contribution in [0.5, 0.6) is 0 Å². The first kappa shape index (κ1) is 7.98. The molecule has 0 aliphatic heterocycles. The van der Waals surface area contributed by atoms with Crippen LogP contribution in [0.15, 0.2) is 24.3 Å². The van der Waals surface area contributed by atoms with E-state index in [0.29, 0.717) is 16.6 Å². The third-order valence-electron chi connectivity index (χ3n) is 2.05. The Morgan fingerprint density at radius 1 is 1.31 bits per heavy atom. The number of aryl methyl sites for hydroxylation is 1. The molecule has 2 aromatic rings. The predicted molar refractivity (Wildman–Crippen MR) is 50.9 cm³/mol. The van der Waals surface area contributed by atoms with E-state index >= 15 is 0 Å². The third kappa shape index (κ3) is 1.13. The van der Waals surface area contributed by atoms with Gasteiger partial charge in [0.1, 0.15) is 0 Å². The highest BCUT2D eigenvalue weighted by molar-refractivity contribution is 5.83. The van der Waals surface area contributed by atoms with E-state index in [2.05, 4.69) is 4.98 Å². The summed E-state index contributed by atoms with van der Waals surface area (Å²) < 4.78 is 13.5. The molecule has 13 heavy (non-hydrogen) atoms. The smallest absolute Gasteiger partial charge is 0.157 e. The molecule has 3 heteroatoms. The minimum absolute atomic E-state index is 0.138. The van der Waals surface area contributed by atoms with Gasteiger partial charge in [-0.15, -0.1) is 0 Å². The molecule has 0 radical (unpaired) electrons. The van der Waals surface area contributed by atoms with E-state index in [9.17, 15) is 4.39 Å². The first-order chi connectivity index (χ1) is 6.20. The lowest BCUT2D eigenvalue weighted by Gasteiger charge is -2.04. The van der Waals surface area contributed by atoms with E-state index in [1.165, 1.54) is 0 Å². The summed E-state index contributed by atoms with van der Waals surface area (Å²) in [5.74, 6) is -0.372. The molecule has 2 N–H and O–H groups in total. The lowest BCUT2D eigenvalue weighted by molar-refractivity contribution is 0.642. The van der Waals surface area contributed by atoms with Crippen molar-refractivity contribution in [2.24, 2.45) is 0 Å². The Morgan fingerprint density at radius 3 is 2.77 bits per heavy atom. The van der Waals surface area contributed by atoms with Crippen LogP contribution in [0.1, 0.15) is 5.69 Å². The fourth-order valence-corrected chi connectivity index (χ4v) is 1.30. The molecule has 0 bridgehead atoms. The largest absolute Gasteiger partial charge is 0.395 e. The second-order valence-electron chi connectivity index (χ2n) is 2.94. The van der Waals surface area contributed by atoms with Gasteiger partial charge in [-0.2, -0.15) is 0 Å². The highest BCUT2D eigenvalue weighted by Crippen LogP contribution is 2.22. The Hall–Kier alpha value is -1.64. The molecule has 66 valence electrons. The van der Waals surface area contributed by atoms with Crippen LogP contribution in [0.3, 0.4) is 0 Å². The van der Waals surface area contributed by atoms with Crippen molar-refractivity contribution >= 4 is 16.6 Å². The maximum absolute atomic E-state index is 13.5. The summed E-state index contributed by atoms with van der Waals surface area (Å²) in [5.41, 5.74) is 6.83. The number of nitrogen functional groups attached to an aromatic ring is 1. The number of halogens is 1. The van der Waals surface area contributed by atoms with Crippen molar-refractivity contribution < 1.29 is 4.39 Å². The summed E-state index contributed by atoms with van der Waals surface area (Å²) in [6.07, 6.45) is 0. The van der Waals surface area contributed by atoms with Crippen molar-refractivity contribution in [2.45, 2.75) is 6.92 Å². The minimum atomic E-state index is -0.372. The Labute approximate surface area is 75.2 Å². The molecule has 0 aliphatic carbocycles. The zero-order valence-electron chi connectivity index (χ0n) is 7.21. The fourth-order valence-electron chi connectivity index (χ4n) is 1.30. The van der Waals surface area contributed by atoms with Gasteiger partial charge in [0.2, 0.25) is 0 Å². The van der Waals surface area contributed by atoms with Gasteiger partial charge in [0.15, 0.2) is 5.82 Å². The molecule has 0 spiro atoms. The van der Waals surface area contributed by atoms with Gasteiger partial charge in [-0.1, -0.05) is 12.1 Å². The van der Waals surface area contributed by atoms with Crippen molar-refractivity contribution in [1.82, 2.24) is 4.98 Å². The van der Waals surface area contributed by atoms with E-state index < -0.39 is 0 Å². The maximum Gasteiger partial charge on any atom is 0.157 e. The van der Waals surface area contributed by atoms with Gasteiger partial charge in [0.05, 0.1) is 16.9 Å². The van der Waals surface area contributed by atoms with Gasteiger partial charge >= 0.3 is 0 Å². The lowest BCUT2D eigenvalue weighted by atomic mass is 10.1. The van der Waals surface area contributed by atoms with E-state index in [4.69, 9.17) is 5.73 Å². The Kier molecular flexibility index (Phi) is 1.65. The van der Waals surface area contributed by atoms with Crippen molar-refractivity contribution in [3.05, 3.63) is 35.8 Å². The summed E-state index contributed by atoms with van der Waals surface area (Å²) >= 11 is 0. The zero-order valence-corrected chi connectivity index (χ0v) is 7.21. The second-order valence-corrected chi connectivity index (χ2v) is 2.94. The van der Waals surface area contributed by atoms with Crippen LogP contribution in [0.4, 0.5) is 10.1 Å². The third-order valence-corrected chi connectivity index (χ3v) is 2.05. The molecule has 1 aromatic heterocycles. The van der Waals surface area contributed by atoms with Crippen molar-refractivity contribution in [3.63, 3.8) is 0 Å². The summed E-state index contributed by atoms with van der Waals surface area (Å²) in [6.45, 7) is 1.70. The number of aromatic nitrogens is 1. The molecule has 1 heterocycles. The number of fused-ring (bicyclic) bond motifs is 1. The average Bonchev–Trinajstić information content (AvgIpc) is 2.15. The van der Waals surface area contributed by atoms with E-state index in [1.807, 2.05) is 6.07 Å². The minimum Gasteiger partial charge on any atom is -0.395 e. The topological polar surface area (TPSA) is 38.9 Å². The van der Waals surface area contributed by atoms with Crippen molar-refractivity contribution in [3.8, 4) is 0 Å². The number of rotatable bonds is 0. The number of hydrogen-bond donors (Lipinski definition) is 1. The Balaban J connectivity index is 2.94. The number of nitrogens with two attached hydrogens (primary N) is 1. The number of para-hydroxylation sites is 1. The summed E-state index contributed by atoms with van der Waals surface area (Å²) in [5, 5.41) is 0.477. The number of pyridine rings is 1. The van der Waals surface area contributed by atoms with Gasteiger partial charge < -0.3 is 5.73 Å². The molecular formula is C10H9FN2. The molecule has 0 amide bonds.